The molecule has 4 nitrogen and oxygen atoms in total. The first kappa shape index (κ1) is 11.4. The summed E-state index contributed by atoms with van der Waals surface area (Å²) in [6, 6.07) is 4.56. The highest BCUT2D eigenvalue weighted by Crippen LogP contribution is 2.19. The van der Waals surface area contributed by atoms with Crippen LogP contribution in [0, 0.1) is 0 Å². The van der Waals surface area contributed by atoms with Crippen LogP contribution in [0.15, 0.2) is 18.3 Å². The van der Waals surface area contributed by atoms with Gasteiger partial charge in [-0.15, -0.1) is 0 Å². The van der Waals surface area contributed by atoms with Gasteiger partial charge in [-0.25, -0.2) is 0 Å². The number of aromatic nitrogens is 1. The average molecular weight is 220 g/mol. The first-order valence-electron chi connectivity index (χ1n) is 5.95. The third-order valence-electron chi connectivity index (χ3n) is 3.29. The molecule has 2 rings (SSSR count). The first-order valence-corrected chi connectivity index (χ1v) is 5.95. The Morgan fingerprint density at radius 1 is 1.56 bits per heavy atom. The maximum absolute atomic E-state index is 5.39. The van der Waals surface area contributed by atoms with Gasteiger partial charge in [0, 0.05) is 18.8 Å². The lowest BCUT2D eigenvalue weighted by Crippen LogP contribution is -2.36. The number of hydrogen-bond acceptors (Lipinski definition) is 4. The van der Waals surface area contributed by atoms with Gasteiger partial charge in [-0.2, -0.15) is 0 Å². The predicted octanol–water partition coefficient (Wildman–Crippen LogP) is 1.74. The van der Waals surface area contributed by atoms with Crippen LogP contribution in [0.4, 0.5) is 5.69 Å². The third-order valence-corrected chi connectivity index (χ3v) is 3.29. The number of nitrogens with zero attached hydrogens (tertiary/aromatic N) is 2. The van der Waals surface area contributed by atoms with Crippen molar-refractivity contribution in [3.63, 3.8) is 0 Å². The van der Waals surface area contributed by atoms with Gasteiger partial charge < -0.3 is 5.43 Å². The van der Waals surface area contributed by atoms with Crippen molar-refractivity contribution in [2.45, 2.75) is 38.8 Å². The second-order valence-electron chi connectivity index (χ2n) is 4.50. The van der Waals surface area contributed by atoms with Crippen LogP contribution in [0.1, 0.15) is 31.9 Å². The lowest BCUT2D eigenvalue weighted by atomic mass is 10.0. The van der Waals surface area contributed by atoms with Gasteiger partial charge in [-0.05, 0) is 38.4 Å². The topological polar surface area (TPSA) is 54.2 Å². The highest BCUT2D eigenvalue weighted by molar-refractivity contribution is 5.41. The molecule has 0 amide bonds. The molecule has 1 unspecified atom stereocenters. The highest BCUT2D eigenvalue weighted by Gasteiger charge is 2.18. The van der Waals surface area contributed by atoms with Crippen molar-refractivity contribution in [2.75, 3.05) is 12.0 Å². The fraction of sp³-hybridized carbons (Fsp3) is 0.583. The van der Waals surface area contributed by atoms with Crippen LogP contribution in [0.25, 0.3) is 0 Å². The molecule has 0 saturated carbocycles. The van der Waals surface area contributed by atoms with E-state index in [4.69, 9.17) is 5.84 Å². The number of likely N-dealkylation sites (tertiary alicyclic amines) is 1. The van der Waals surface area contributed by atoms with Crippen molar-refractivity contribution in [2.24, 2.45) is 5.84 Å². The Kier molecular flexibility index (Phi) is 3.74. The van der Waals surface area contributed by atoms with E-state index in [0.717, 1.165) is 17.9 Å². The minimum Gasteiger partial charge on any atom is -0.324 e. The van der Waals surface area contributed by atoms with Crippen LogP contribution in [0.5, 0.6) is 0 Å². The van der Waals surface area contributed by atoms with E-state index in [-0.39, 0.29) is 0 Å². The molecular formula is C12H20N4. The number of rotatable bonds is 3. The van der Waals surface area contributed by atoms with E-state index in [9.17, 15) is 0 Å². The zero-order valence-electron chi connectivity index (χ0n) is 9.82. The first-order chi connectivity index (χ1) is 7.79. The zero-order chi connectivity index (χ0) is 11.4. The average Bonchev–Trinajstić information content (AvgIpc) is 2.32. The highest BCUT2D eigenvalue weighted by atomic mass is 15.2. The maximum atomic E-state index is 5.39. The van der Waals surface area contributed by atoms with Crippen LogP contribution in [0.3, 0.4) is 0 Å². The van der Waals surface area contributed by atoms with Crippen LogP contribution in [0.2, 0.25) is 0 Å². The number of pyridine rings is 1. The molecule has 1 atom stereocenters. The largest absolute Gasteiger partial charge is 0.324 e. The molecule has 1 aromatic rings. The standard InChI is InChI=1S/C12H20N4/c1-10-4-2-3-7-16(10)9-12-8-11(15-13)5-6-14-12/h5-6,8,10H,2-4,7,9,13H2,1H3,(H,14,15). The lowest BCUT2D eigenvalue weighted by Gasteiger charge is -2.32. The van der Waals surface area contributed by atoms with Crippen LogP contribution < -0.4 is 11.3 Å². The van der Waals surface area contributed by atoms with E-state index in [2.05, 4.69) is 22.2 Å². The van der Waals surface area contributed by atoms with Crippen LogP contribution in [-0.2, 0) is 6.54 Å². The summed E-state index contributed by atoms with van der Waals surface area (Å²) < 4.78 is 0. The van der Waals surface area contributed by atoms with Gasteiger partial charge in [0.2, 0.25) is 0 Å². The van der Waals surface area contributed by atoms with E-state index in [1.54, 1.807) is 6.20 Å². The van der Waals surface area contributed by atoms with Crippen molar-refractivity contribution in [1.82, 2.24) is 9.88 Å². The molecule has 88 valence electrons. The molecule has 0 aliphatic carbocycles. The number of hydrogen-bond donors (Lipinski definition) is 2. The molecule has 4 heteroatoms. The Hall–Kier alpha value is -1.13. The van der Waals surface area contributed by atoms with Crippen molar-refractivity contribution in [3.8, 4) is 0 Å². The smallest absolute Gasteiger partial charge is 0.0565 e. The quantitative estimate of drug-likeness (QED) is 0.602. The SMILES string of the molecule is CC1CCCCN1Cc1cc(NN)ccn1. The lowest BCUT2D eigenvalue weighted by molar-refractivity contribution is 0.151. The van der Waals surface area contributed by atoms with E-state index in [1.165, 1.54) is 25.8 Å². The predicted molar refractivity (Wildman–Crippen MR) is 65.8 cm³/mol. The molecule has 1 aromatic heterocycles. The molecule has 0 bridgehead atoms. The zero-order valence-corrected chi connectivity index (χ0v) is 9.82. The molecule has 2 heterocycles. The van der Waals surface area contributed by atoms with E-state index in [1.807, 2.05) is 12.1 Å². The molecule has 3 N–H and O–H groups in total. The van der Waals surface area contributed by atoms with Gasteiger partial charge in [0.1, 0.15) is 0 Å². The molecule has 0 spiro atoms. The van der Waals surface area contributed by atoms with Gasteiger partial charge in [0.25, 0.3) is 0 Å². The molecule has 16 heavy (non-hydrogen) atoms. The van der Waals surface area contributed by atoms with Crippen molar-refractivity contribution in [3.05, 3.63) is 24.0 Å². The molecule has 0 aromatic carbocycles. The monoisotopic (exact) mass is 220 g/mol. The van der Waals surface area contributed by atoms with Crippen LogP contribution >= 0.6 is 0 Å². The Bertz CT molecular complexity index is 340. The number of nitrogens with two attached hydrogens (primary N) is 1. The van der Waals surface area contributed by atoms with Gasteiger partial charge in [-0.1, -0.05) is 6.42 Å². The Labute approximate surface area is 96.8 Å². The number of nitrogens with one attached hydrogen (secondary N) is 1. The molecule has 0 radical (unpaired) electrons. The summed E-state index contributed by atoms with van der Waals surface area (Å²) in [5.74, 6) is 5.39. The van der Waals surface area contributed by atoms with Crippen molar-refractivity contribution in [1.29, 1.82) is 0 Å². The normalized spacial score (nSPS) is 22.0. The molecular weight excluding hydrogens is 200 g/mol. The van der Waals surface area contributed by atoms with Gasteiger partial charge in [0.15, 0.2) is 0 Å². The summed E-state index contributed by atoms with van der Waals surface area (Å²) in [7, 11) is 0. The minimum absolute atomic E-state index is 0.671. The summed E-state index contributed by atoms with van der Waals surface area (Å²) >= 11 is 0. The summed E-state index contributed by atoms with van der Waals surface area (Å²) in [6.45, 7) is 4.41. The van der Waals surface area contributed by atoms with Gasteiger partial charge in [-0.3, -0.25) is 15.7 Å². The fourth-order valence-electron chi connectivity index (χ4n) is 2.26. The minimum atomic E-state index is 0.671. The third kappa shape index (κ3) is 2.71. The number of anilines is 1. The summed E-state index contributed by atoms with van der Waals surface area (Å²) in [5.41, 5.74) is 4.67. The Morgan fingerprint density at radius 3 is 3.19 bits per heavy atom. The Morgan fingerprint density at radius 2 is 2.44 bits per heavy atom. The molecule has 1 aliphatic heterocycles. The summed E-state index contributed by atoms with van der Waals surface area (Å²) in [4.78, 5) is 6.87. The molecule has 1 fully saturated rings. The summed E-state index contributed by atoms with van der Waals surface area (Å²) in [6.07, 6.45) is 5.77. The summed E-state index contributed by atoms with van der Waals surface area (Å²) in [5, 5.41) is 0. The number of nitrogen functional groups attached to an aromatic ring is 1. The fourth-order valence-corrected chi connectivity index (χ4v) is 2.26. The maximum Gasteiger partial charge on any atom is 0.0565 e. The van der Waals surface area contributed by atoms with Crippen LogP contribution in [-0.4, -0.2) is 22.5 Å². The second kappa shape index (κ2) is 5.27. The molecule has 1 aliphatic rings. The van der Waals surface area contributed by atoms with Crippen molar-refractivity contribution < 1.29 is 0 Å². The van der Waals surface area contributed by atoms with E-state index in [0.29, 0.717) is 6.04 Å². The Balaban J connectivity index is 2.01. The van der Waals surface area contributed by atoms with Gasteiger partial charge >= 0.3 is 0 Å². The van der Waals surface area contributed by atoms with Crippen molar-refractivity contribution >= 4 is 5.69 Å². The van der Waals surface area contributed by atoms with E-state index < -0.39 is 0 Å². The molecule has 1 saturated heterocycles. The second-order valence-corrected chi connectivity index (χ2v) is 4.50. The number of piperidine rings is 1. The number of hydrazine groups is 1. The van der Waals surface area contributed by atoms with Gasteiger partial charge in [0.05, 0.1) is 11.4 Å². The van der Waals surface area contributed by atoms with E-state index >= 15 is 0 Å².